The van der Waals surface area contributed by atoms with E-state index in [0.717, 1.165) is 5.56 Å². The van der Waals surface area contributed by atoms with Crippen LogP contribution in [0, 0.1) is 0 Å². The highest BCUT2D eigenvalue weighted by Crippen LogP contribution is 2.13. The van der Waals surface area contributed by atoms with E-state index in [2.05, 4.69) is 20.5 Å². The first-order valence-electron chi connectivity index (χ1n) is 7.94. The number of amides is 2. The van der Waals surface area contributed by atoms with E-state index in [4.69, 9.17) is 5.21 Å². The van der Waals surface area contributed by atoms with Gasteiger partial charge in [-0.2, -0.15) is 5.10 Å². The van der Waals surface area contributed by atoms with Gasteiger partial charge in [0, 0.05) is 17.3 Å². The van der Waals surface area contributed by atoms with Crippen molar-refractivity contribution in [1.82, 2.24) is 20.9 Å². The van der Waals surface area contributed by atoms with Crippen LogP contribution < -0.4 is 10.9 Å². The number of nitrogens with zero attached hydrogens (tertiary/aromatic N) is 3. The number of nitrogens with one attached hydrogen (secondary N) is 2. The minimum absolute atomic E-state index is 0.191. The Morgan fingerprint density at radius 3 is 2.41 bits per heavy atom. The van der Waals surface area contributed by atoms with E-state index < -0.39 is 11.8 Å². The van der Waals surface area contributed by atoms with Gasteiger partial charge in [-0.15, -0.1) is 0 Å². The lowest BCUT2D eigenvalue weighted by molar-refractivity contribution is 0.0706. The smallest absolute Gasteiger partial charge is 0.288 e. The zero-order valence-electron chi connectivity index (χ0n) is 14.0. The molecular weight excluding hydrogens is 346 g/mol. The first kappa shape index (κ1) is 17.9. The molecule has 1 aromatic heterocycles. The molecule has 3 aromatic rings. The monoisotopic (exact) mass is 361 g/mol. The van der Waals surface area contributed by atoms with Crippen molar-refractivity contribution < 1.29 is 14.8 Å². The van der Waals surface area contributed by atoms with Gasteiger partial charge in [0.2, 0.25) is 0 Å². The van der Waals surface area contributed by atoms with Crippen molar-refractivity contribution in [3.05, 3.63) is 83.7 Å². The molecule has 3 rings (SSSR count). The fraction of sp³-hybridized carbons (Fsp3) is 0. The molecule has 134 valence electrons. The van der Waals surface area contributed by atoms with Crippen LogP contribution in [0.2, 0.25) is 0 Å². The van der Waals surface area contributed by atoms with Gasteiger partial charge in [0.25, 0.3) is 11.8 Å². The molecule has 0 spiro atoms. The number of hydrogen-bond donors (Lipinski definition) is 3. The van der Waals surface area contributed by atoms with E-state index in [1.807, 2.05) is 30.3 Å². The number of aromatic nitrogens is 2. The first-order valence-corrected chi connectivity index (χ1v) is 7.94. The predicted octanol–water partition coefficient (Wildman–Crippen LogP) is 2.03. The zero-order chi connectivity index (χ0) is 19.1. The van der Waals surface area contributed by atoms with Crippen molar-refractivity contribution in [3.8, 4) is 11.4 Å². The van der Waals surface area contributed by atoms with Crippen LogP contribution >= 0.6 is 0 Å². The molecule has 3 N–H and O–H groups in total. The Kier molecular flexibility index (Phi) is 5.60. The van der Waals surface area contributed by atoms with Gasteiger partial charge < -0.3 is 0 Å². The summed E-state index contributed by atoms with van der Waals surface area (Å²) < 4.78 is 0. The summed E-state index contributed by atoms with van der Waals surface area (Å²) in [4.78, 5) is 31.9. The lowest BCUT2D eigenvalue weighted by atomic mass is 10.1. The second-order valence-corrected chi connectivity index (χ2v) is 5.39. The summed E-state index contributed by atoms with van der Waals surface area (Å²) in [5, 5.41) is 12.5. The molecule has 2 aromatic carbocycles. The molecule has 0 saturated heterocycles. The largest absolute Gasteiger partial charge is 0.290 e. The van der Waals surface area contributed by atoms with Crippen molar-refractivity contribution in [2.24, 2.45) is 5.10 Å². The van der Waals surface area contributed by atoms with Crippen LogP contribution in [0.5, 0.6) is 0 Å². The topological polar surface area (TPSA) is 117 Å². The summed E-state index contributed by atoms with van der Waals surface area (Å²) in [7, 11) is 0. The fourth-order valence-corrected chi connectivity index (χ4v) is 2.22. The quantitative estimate of drug-likeness (QED) is 0.365. The zero-order valence-corrected chi connectivity index (χ0v) is 14.0. The van der Waals surface area contributed by atoms with E-state index in [1.54, 1.807) is 17.6 Å². The molecular formula is C19H15N5O3. The van der Waals surface area contributed by atoms with Crippen molar-refractivity contribution >= 4 is 18.0 Å². The van der Waals surface area contributed by atoms with Gasteiger partial charge in [0.15, 0.2) is 5.82 Å². The summed E-state index contributed by atoms with van der Waals surface area (Å²) in [5.74, 6) is -0.628. The minimum atomic E-state index is -0.607. The molecule has 0 aliphatic carbocycles. The highest BCUT2D eigenvalue weighted by Gasteiger charge is 2.09. The van der Waals surface area contributed by atoms with Crippen molar-refractivity contribution in [3.63, 3.8) is 0 Å². The minimum Gasteiger partial charge on any atom is -0.288 e. The summed E-state index contributed by atoms with van der Waals surface area (Å²) in [6.07, 6.45) is 2.94. The normalized spacial score (nSPS) is 10.6. The molecule has 8 heteroatoms. The second kappa shape index (κ2) is 8.45. The number of hydrazone groups is 1. The third-order valence-electron chi connectivity index (χ3n) is 3.57. The summed E-state index contributed by atoms with van der Waals surface area (Å²) in [5.41, 5.74) is 5.91. The van der Waals surface area contributed by atoms with Gasteiger partial charge in [-0.1, -0.05) is 42.5 Å². The van der Waals surface area contributed by atoms with Crippen LogP contribution in [-0.2, 0) is 0 Å². The van der Waals surface area contributed by atoms with Crippen LogP contribution in [0.15, 0.2) is 72.0 Å². The number of rotatable bonds is 5. The molecule has 0 fully saturated rings. The van der Waals surface area contributed by atoms with E-state index in [0.29, 0.717) is 17.0 Å². The van der Waals surface area contributed by atoms with Gasteiger partial charge in [-0.25, -0.2) is 20.9 Å². The third-order valence-corrected chi connectivity index (χ3v) is 3.57. The van der Waals surface area contributed by atoms with Crippen molar-refractivity contribution in [1.29, 1.82) is 0 Å². The van der Waals surface area contributed by atoms with Crippen molar-refractivity contribution in [2.75, 3.05) is 0 Å². The second-order valence-electron chi connectivity index (χ2n) is 5.39. The maximum Gasteiger partial charge on any atom is 0.290 e. The highest BCUT2D eigenvalue weighted by atomic mass is 16.5. The number of benzene rings is 2. The third kappa shape index (κ3) is 4.59. The van der Waals surface area contributed by atoms with Crippen LogP contribution in [0.25, 0.3) is 11.4 Å². The average Bonchev–Trinajstić information content (AvgIpc) is 2.74. The Labute approximate surface area is 154 Å². The Morgan fingerprint density at radius 1 is 0.963 bits per heavy atom. The Morgan fingerprint density at radius 2 is 1.70 bits per heavy atom. The Bertz CT molecular complexity index is 972. The molecule has 0 aliphatic rings. The Hall–Kier alpha value is -3.91. The number of carbonyl (C=O) groups excluding carboxylic acids is 2. The molecule has 2 amide bonds. The molecule has 27 heavy (non-hydrogen) atoms. The summed E-state index contributed by atoms with van der Waals surface area (Å²) in [6, 6.07) is 17.1. The molecule has 0 atom stereocenters. The van der Waals surface area contributed by atoms with Gasteiger partial charge in [-0.3, -0.25) is 14.8 Å². The van der Waals surface area contributed by atoms with E-state index in [1.165, 1.54) is 30.6 Å². The summed E-state index contributed by atoms with van der Waals surface area (Å²) in [6.45, 7) is 0. The highest BCUT2D eigenvalue weighted by molar-refractivity contribution is 5.95. The van der Waals surface area contributed by atoms with E-state index >= 15 is 0 Å². The number of carbonyl (C=O) groups is 2. The molecule has 0 bridgehead atoms. The van der Waals surface area contributed by atoms with Crippen LogP contribution in [0.3, 0.4) is 0 Å². The summed E-state index contributed by atoms with van der Waals surface area (Å²) >= 11 is 0. The molecule has 0 radical (unpaired) electrons. The average molecular weight is 361 g/mol. The number of hydroxylamine groups is 1. The molecule has 8 nitrogen and oxygen atoms in total. The lowest BCUT2D eigenvalue weighted by Crippen LogP contribution is -2.19. The van der Waals surface area contributed by atoms with Crippen LogP contribution in [0.1, 0.15) is 26.4 Å². The predicted molar refractivity (Wildman–Crippen MR) is 98.2 cm³/mol. The van der Waals surface area contributed by atoms with Gasteiger partial charge >= 0.3 is 0 Å². The molecule has 0 saturated carbocycles. The van der Waals surface area contributed by atoms with Crippen molar-refractivity contribution in [2.45, 2.75) is 0 Å². The maximum atomic E-state index is 12.2. The lowest BCUT2D eigenvalue weighted by Gasteiger charge is -2.03. The molecule has 1 heterocycles. The van der Waals surface area contributed by atoms with Crippen LogP contribution in [-0.4, -0.2) is 33.2 Å². The van der Waals surface area contributed by atoms with E-state index in [-0.39, 0.29) is 5.69 Å². The van der Waals surface area contributed by atoms with Gasteiger partial charge in [-0.05, 0) is 23.8 Å². The SMILES string of the molecule is O=C(NO)c1ccc(/C=N/NC(=O)c2ccnc(-c3ccccc3)n2)cc1. The maximum absolute atomic E-state index is 12.2. The molecule has 0 unspecified atom stereocenters. The standard InChI is InChI=1S/C19H15N5O3/c25-18(24-27)15-8-6-13(7-9-15)12-21-23-19(26)16-10-11-20-17(22-16)14-4-2-1-3-5-14/h1-12,27H,(H,23,26)(H,24,25)/b21-12+. The fourth-order valence-electron chi connectivity index (χ4n) is 2.22. The Balaban J connectivity index is 1.66. The van der Waals surface area contributed by atoms with Crippen LogP contribution in [0.4, 0.5) is 0 Å². The van der Waals surface area contributed by atoms with Gasteiger partial charge in [0.1, 0.15) is 5.69 Å². The number of hydrogen-bond acceptors (Lipinski definition) is 6. The molecule has 0 aliphatic heterocycles. The van der Waals surface area contributed by atoms with E-state index in [9.17, 15) is 9.59 Å². The van der Waals surface area contributed by atoms with Gasteiger partial charge in [0.05, 0.1) is 6.21 Å². The first-order chi connectivity index (χ1) is 13.2.